The van der Waals surface area contributed by atoms with Gasteiger partial charge in [-0.1, -0.05) is 65.9 Å². The highest BCUT2D eigenvalue weighted by molar-refractivity contribution is 9.09. The maximum absolute atomic E-state index is 6.34. The summed E-state index contributed by atoms with van der Waals surface area (Å²) in [5, 5.41) is 0.883. The van der Waals surface area contributed by atoms with E-state index >= 15 is 0 Å². The average molecular weight is 311 g/mol. The Bertz CT molecular complexity index is 356. The molecule has 1 unspecified atom stereocenters. The standard InChI is InChI=1S/C16H23BrO/c1-13-8-6-7-11-15(13)16(12-17)18-14-9-4-2-3-5-10-14/h6-8,11,14,16H,2-5,9-10,12H2,1H3. The van der Waals surface area contributed by atoms with Gasteiger partial charge in [0, 0.05) is 5.33 Å². The van der Waals surface area contributed by atoms with Gasteiger partial charge < -0.3 is 4.74 Å². The fraction of sp³-hybridized carbons (Fsp3) is 0.625. The molecule has 1 saturated carbocycles. The van der Waals surface area contributed by atoms with Crippen LogP contribution in [0.4, 0.5) is 0 Å². The Morgan fingerprint density at radius 2 is 1.83 bits per heavy atom. The molecule has 18 heavy (non-hydrogen) atoms. The molecule has 1 aromatic carbocycles. The quantitative estimate of drug-likeness (QED) is 0.550. The van der Waals surface area contributed by atoms with E-state index in [1.807, 2.05) is 0 Å². The van der Waals surface area contributed by atoms with Crippen molar-refractivity contribution in [3.05, 3.63) is 35.4 Å². The second-order valence-electron chi connectivity index (χ2n) is 5.25. The molecule has 0 aromatic heterocycles. The third-order valence-corrected chi connectivity index (χ3v) is 4.42. The zero-order valence-corrected chi connectivity index (χ0v) is 12.8. The lowest BCUT2D eigenvalue weighted by atomic mass is 10.0. The number of rotatable bonds is 4. The maximum Gasteiger partial charge on any atom is 0.0927 e. The van der Waals surface area contributed by atoms with Gasteiger partial charge in [0.15, 0.2) is 0 Å². The van der Waals surface area contributed by atoms with Crippen LogP contribution in [-0.2, 0) is 4.74 Å². The van der Waals surface area contributed by atoms with E-state index in [1.165, 1.54) is 49.7 Å². The molecule has 0 heterocycles. The highest BCUT2D eigenvalue weighted by Gasteiger charge is 2.19. The van der Waals surface area contributed by atoms with Gasteiger partial charge in [-0.05, 0) is 30.9 Å². The molecule has 2 heteroatoms. The summed E-state index contributed by atoms with van der Waals surface area (Å²) in [4.78, 5) is 0. The van der Waals surface area contributed by atoms with Crippen LogP contribution in [0.1, 0.15) is 55.8 Å². The molecular weight excluding hydrogens is 288 g/mol. The van der Waals surface area contributed by atoms with E-state index in [1.54, 1.807) is 0 Å². The minimum Gasteiger partial charge on any atom is -0.369 e. The molecule has 0 spiro atoms. The van der Waals surface area contributed by atoms with E-state index in [0.29, 0.717) is 6.10 Å². The van der Waals surface area contributed by atoms with Gasteiger partial charge in [0.1, 0.15) is 0 Å². The summed E-state index contributed by atoms with van der Waals surface area (Å²) in [5.74, 6) is 0. The Labute approximate surface area is 119 Å². The largest absolute Gasteiger partial charge is 0.369 e. The first kappa shape index (κ1) is 14.1. The van der Waals surface area contributed by atoms with Crippen molar-refractivity contribution in [3.8, 4) is 0 Å². The van der Waals surface area contributed by atoms with Crippen LogP contribution >= 0.6 is 15.9 Å². The first-order valence-electron chi connectivity index (χ1n) is 7.08. The van der Waals surface area contributed by atoms with E-state index in [-0.39, 0.29) is 6.10 Å². The topological polar surface area (TPSA) is 9.23 Å². The number of benzene rings is 1. The van der Waals surface area contributed by atoms with E-state index < -0.39 is 0 Å². The molecule has 1 nitrogen and oxygen atoms in total. The number of hydrogen-bond acceptors (Lipinski definition) is 1. The summed E-state index contributed by atoms with van der Waals surface area (Å²) in [7, 11) is 0. The summed E-state index contributed by atoms with van der Waals surface area (Å²) < 4.78 is 6.34. The Morgan fingerprint density at radius 1 is 1.17 bits per heavy atom. The fourth-order valence-electron chi connectivity index (χ4n) is 2.75. The Hall–Kier alpha value is -0.340. The van der Waals surface area contributed by atoms with E-state index in [0.717, 1.165) is 5.33 Å². The maximum atomic E-state index is 6.34. The van der Waals surface area contributed by atoms with Crippen LogP contribution in [-0.4, -0.2) is 11.4 Å². The Morgan fingerprint density at radius 3 is 2.44 bits per heavy atom. The molecule has 1 atom stereocenters. The van der Waals surface area contributed by atoms with Gasteiger partial charge >= 0.3 is 0 Å². The predicted molar refractivity (Wildman–Crippen MR) is 80.3 cm³/mol. The lowest BCUT2D eigenvalue weighted by Gasteiger charge is -2.24. The SMILES string of the molecule is Cc1ccccc1C(CBr)OC1CCCCCC1. The van der Waals surface area contributed by atoms with Crippen molar-refractivity contribution >= 4 is 15.9 Å². The highest BCUT2D eigenvalue weighted by Crippen LogP contribution is 2.29. The van der Waals surface area contributed by atoms with Crippen LogP contribution < -0.4 is 0 Å². The summed E-state index contributed by atoms with van der Waals surface area (Å²) in [6, 6.07) is 8.56. The van der Waals surface area contributed by atoms with E-state index in [9.17, 15) is 0 Å². The summed E-state index contributed by atoms with van der Waals surface area (Å²) in [5.41, 5.74) is 2.66. The van der Waals surface area contributed by atoms with Gasteiger partial charge in [0.2, 0.25) is 0 Å². The molecular formula is C16H23BrO. The number of ether oxygens (including phenoxy) is 1. The molecule has 100 valence electrons. The van der Waals surface area contributed by atoms with Crippen LogP contribution in [0, 0.1) is 6.92 Å². The summed E-state index contributed by atoms with van der Waals surface area (Å²) in [6.45, 7) is 2.17. The van der Waals surface area contributed by atoms with Gasteiger partial charge in [-0.2, -0.15) is 0 Å². The van der Waals surface area contributed by atoms with Crippen LogP contribution in [0.15, 0.2) is 24.3 Å². The molecule has 0 aliphatic heterocycles. The van der Waals surface area contributed by atoms with Crippen molar-refractivity contribution in [3.63, 3.8) is 0 Å². The zero-order chi connectivity index (χ0) is 12.8. The first-order valence-corrected chi connectivity index (χ1v) is 8.20. The molecule has 0 N–H and O–H groups in total. The smallest absolute Gasteiger partial charge is 0.0927 e. The van der Waals surface area contributed by atoms with E-state index in [2.05, 4.69) is 47.1 Å². The third kappa shape index (κ3) is 3.83. The van der Waals surface area contributed by atoms with Crippen LogP contribution in [0.2, 0.25) is 0 Å². The molecule has 0 amide bonds. The zero-order valence-electron chi connectivity index (χ0n) is 11.2. The molecule has 2 rings (SSSR count). The van der Waals surface area contributed by atoms with Crippen molar-refractivity contribution in [1.82, 2.24) is 0 Å². The first-order chi connectivity index (χ1) is 8.81. The molecule has 0 radical (unpaired) electrons. The fourth-order valence-corrected chi connectivity index (χ4v) is 3.25. The molecule has 1 aliphatic rings. The lowest BCUT2D eigenvalue weighted by Crippen LogP contribution is -2.18. The van der Waals surface area contributed by atoms with Crippen molar-refractivity contribution < 1.29 is 4.74 Å². The van der Waals surface area contributed by atoms with Crippen molar-refractivity contribution in [1.29, 1.82) is 0 Å². The molecule has 1 aliphatic carbocycles. The Balaban J connectivity index is 2.02. The minimum absolute atomic E-state index is 0.203. The molecule has 1 aromatic rings. The van der Waals surface area contributed by atoms with Crippen molar-refractivity contribution in [2.24, 2.45) is 0 Å². The summed E-state index contributed by atoms with van der Waals surface area (Å²) >= 11 is 3.61. The van der Waals surface area contributed by atoms with Gasteiger partial charge in [0.25, 0.3) is 0 Å². The lowest BCUT2D eigenvalue weighted by molar-refractivity contribution is -0.00818. The number of alkyl halides is 1. The van der Waals surface area contributed by atoms with Crippen LogP contribution in [0.3, 0.4) is 0 Å². The van der Waals surface area contributed by atoms with Gasteiger partial charge in [-0.25, -0.2) is 0 Å². The van der Waals surface area contributed by atoms with Gasteiger partial charge in [0.05, 0.1) is 12.2 Å². The molecule has 0 bridgehead atoms. The summed E-state index contributed by atoms with van der Waals surface area (Å²) in [6.07, 6.45) is 8.53. The second kappa shape index (κ2) is 7.30. The second-order valence-corrected chi connectivity index (χ2v) is 5.90. The molecule has 0 saturated heterocycles. The van der Waals surface area contributed by atoms with Crippen LogP contribution in [0.25, 0.3) is 0 Å². The van der Waals surface area contributed by atoms with Crippen molar-refractivity contribution in [2.45, 2.75) is 57.7 Å². The number of halogens is 1. The minimum atomic E-state index is 0.203. The number of aryl methyl sites for hydroxylation is 1. The highest BCUT2D eigenvalue weighted by atomic mass is 79.9. The predicted octanol–water partition coefficient (Wildman–Crippen LogP) is 5.17. The van der Waals surface area contributed by atoms with Crippen molar-refractivity contribution in [2.75, 3.05) is 5.33 Å². The van der Waals surface area contributed by atoms with E-state index in [4.69, 9.17) is 4.74 Å². The molecule has 1 fully saturated rings. The van der Waals surface area contributed by atoms with Crippen LogP contribution in [0.5, 0.6) is 0 Å². The Kier molecular flexibility index (Phi) is 5.71. The average Bonchev–Trinajstić information content (AvgIpc) is 2.65. The van der Waals surface area contributed by atoms with Gasteiger partial charge in [-0.3, -0.25) is 0 Å². The number of hydrogen-bond donors (Lipinski definition) is 0. The normalized spacial score (nSPS) is 19.4. The third-order valence-electron chi connectivity index (χ3n) is 3.83. The van der Waals surface area contributed by atoms with Gasteiger partial charge in [-0.15, -0.1) is 0 Å². The monoisotopic (exact) mass is 310 g/mol.